The van der Waals surface area contributed by atoms with E-state index in [-0.39, 0.29) is 23.9 Å². The average Bonchev–Trinajstić information content (AvgIpc) is 3.13. The van der Waals surface area contributed by atoms with Crippen molar-refractivity contribution in [2.45, 2.75) is 77.4 Å². The van der Waals surface area contributed by atoms with Crippen LogP contribution >= 0.6 is 0 Å². The van der Waals surface area contributed by atoms with Crippen molar-refractivity contribution < 1.29 is 24.6 Å². The van der Waals surface area contributed by atoms with Crippen molar-refractivity contribution in [1.82, 2.24) is 5.32 Å². The highest BCUT2D eigenvalue weighted by atomic mass is 16.6. The third-order valence-corrected chi connectivity index (χ3v) is 10.4. The van der Waals surface area contributed by atoms with Gasteiger partial charge < -0.3 is 20.4 Å². The number of allylic oxidation sites excluding steroid dienone is 4. The molecule has 1 aromatic carbocycles. The lowest BCUT2D eigenvalue weighted by molar-refractivity contribution is -0.142. The van der Waals surface area contributed by atoms with Crippen LogP contribution in [0.5, 0.6) is 0 Å². The second-order valence-corrected chi connectivity index (χ2v) is 12.4. The lowest BCUT2D eigenvalue weighted by Gasteiger charge is -2.58. The van der Waals surface area contributed by atoms with Crippen LogP contribution in [-0.2, 0) is 20.8 Å². The van der Waals surface area contributed by atoms with Crippen molar-refractivity contribution in [3.05, 3.63) is 59.7 Å². The number of hydrogen-bond acceptors (Lipinski definition) is 5. The maximum Gasteiger partial charge on any atom is 0.326 e. The zero-order chi connectivity index (χ0) is 27.1. The van der Waals surface area contributed by atoms with Gasteiger partial charge in [-0.15, -0.1) is 0 Å². The number of aliphatic carboxylic acids is 1. The fraction of sp³-hybridized carbons (Fsp3) is 0.581. The monoisotopic (exact) mass is 520 g/mol. The molecule has 3 saturated carbocycles. The molecule has 7 nitrogen and oxygen atoms in total. The van der Waals surface area contributed by atoms with E-state index in [0.29, 0.717) is 23.5 Å². The molecule has 0 radical (unpaired) electrons. The third-order valence-electron chi connectivity index (χ3n) is 10.4. The lowest BCUT2D eigenvalue weighted by atomic mass is 9.47. The number of carbonyl (C=O) groups is 2. The zero-order valence-electron chi connectivity index (χ0n) is 22.7. The number of carboxylic acids is 1. The van der Waals surface area contributed by atoms with E-state index in [4.69, 9.17) is 4.84 Å². The summed E-state index contributed by atoms with van der Waals surface area (Å²) in [5, 5.41) is 27.3. The first-order valence-corrected chi connectivity index (χ1v) is 13.9. The van der Waals surface area contributed by atoms with Gasteiger partial charge in [-0.25, -0.2) is 4.79 Å². The van der Waals surface area contributed by atoms with Gasteiger partial charge in [0.15, 0.2) is 6.61 Å². The Kier molecular flexibility index (Phi) is 7.01. The highest BCUT2D eigenvalue weighted by Crippen LogP contribution is 2.66. The molecule has 0 unspecified atom stereocenters. The predicted molar refractivity (Wildman–Crippen MR) is 145 cm³/mol. The summed E-state index contributed by atoms with van der Waals surface area (Å²) >= 11 is 0. The van der Waals surface area contributed by atoms with E-state index in [0.717, 1.165) is 44.1 Å². The Labute approximate surface area is 225 Å². The van der Waals surface area contributed by atoms with Crippen molar-refractivity contribution in [2.75, 3.05) is 6.61 Å². The van der Waals surface area contributed by atoms with Gasteiger partial charge in [0.25, 0.3) is 5.91 Å². The number of rotatable bonds is 7. The Balaban J connectivity index is 1.19. The molecule has 5 rings (SSSR count). The van der Waals surface area contributed by atoms with Crippen LogP contribution in [0, 0.1) is 28.6 Å². The van der Waals surface area contributed by atoms with Gasteiger partial charge in [0.05, 0.1) is 5.60 Å². The predicted octanol–water partition coefficient (Wildman–Crippen LogP) is 4.66. The van der Waals surface area contributed by atoms with Crippen molar-refractivity contribution in [1.29, 1.82) is 0 Å². The summed E-state index contributed by atoms with van der Waals surface area (Å²) in [5.74, 6) is 0.125. The normalized spacial score (nSPS) is 37.4. The minimum absolute atomic E-state index is 0.00585. The SMILES string of the molecule is C[C@]12C=C/C(=N/OCC(=O)N[C@H](Cc3ccccc3)C(=O)O)C=C1CC[C@@H]1[C@H]2CC[C@@]2(C)[C@H]1CC[C@]2(C)O. The molecule has 1 aromatic rings. The fourth-order valence-electron chi connectivity index (χ4n) is 7.96. The van der Waals surface area contributed by atoms with E-state index < -0.39 is 23.5 Å². The van der Waals surface area contributed by atoms with Crippen LogP contribution in [-0.4, -0.2) is 46.1 Å². The minimum atomic E-state index is -1.09. The summed E-state index contributed by atoms with van der Waals surface area (Å²) in [4.78, 5) is 29.3. The van der Waals surface area contributed by atoms with E-state index in [1.165, 1.54) is 5.57 Å². The third kappa shape index (κ3) is 4.70. The molecule has 3 fully saturated rings. The van der Waals surface area contributed by atoms with Gasteiger partial charge in [0.2, 0.25) is 0 Å². The summed E-state index contributed by atoms with van der Waals surface area (Å²) in [5.41, 5.74) is 2.27. The van der Waals surface area contributed by atoms with Gasteiger partial charge in [0, 0.05) is 11.8 Å². The Morgan fingerprint density at radius 1 is 1.11 bits per heavy atom. The van der Waals surface area contributed by atoms with Crippen LogP contribution in [0.25, 0.3) is 0 Å². The van der Waals surface area contributed by atoms with Crippen LogP contribution < -0.4 is 5.32 Å². The van der Waals surface area contributed by atoms with E-state index in [9.17, 15) is 19.8 Å². The number of fused-ring (bicyclic) bond motifs is 5. The molecule has 0 aliphatic heterocycles. The van der Waals surface area contributed by atoms with Gasteiger partial charge in [-0.2, -0.15) is 0 Å². The summed E-state index contributed by atoms with van der Waals surface area (Å²) in [7, 11) is 0. The minimum Gasteiger partial charge on any atom is -0.480 e. The van der Waals surface area contributed by atoms with Crippen LogP contribution in [0.3, 0.4) is 0 Å². The Hall–Kier alpha value is -2.93. The van der Waals surface area contributed by atoms with Gasteiger partial charge in [-0.1, -0.05) is 61.0 Å². The van der Waals surface area contributed by atoms with E-state index >= 15 is 0 Å². The molecule has 7 heteroatoms. The highest BCUT2D eigenvalue weighted by molar-refractivity contribution is 6.05. The summed E-state index contributed by atoms with van der Waals surface area (Å²) in [6.07, 6.45) is 12.8. The van der Waals surface area contributed by atoms with Crippen molar-refractivity contribution in [3.63, 3.8) is 0 Å². The molecular formula is C31H40N2O5. The number of oxime groups is 1. The van der Waals surface area contributed by atoms with Crippen molar-refractivity contribution >= 4 is 17.6 Å². The highest BCUT2D eigenvalue weighted by Gasteiger charge is 2.61. The molecule has 0 bridgehead atoms. The van der Waals surface area contributed by atoms with Gasteiger partial charge in [-0.3, -0.25) is 4.79 Å². The Bertz CT molecular complexity index is 1170. The number of aliphatic hydroxyl groups is 1. The number of nitrogens with zero attached hydrogens (tertiary/aromatic N) is 1. The fourth-order valence-corrected chi connectivity index (χ4v) is 7.96. The second-order valence-electron chi connectivity index (χ2n) is 12.4. The Morgan fingerprint density at radius 2 is 1.84 bits per heavy atom. The second kappa shape index (κ2) is 9.99. The molecule has 0 spiro atoms. The van der Waals surface area contributed by atoms with Gasteiger partial charge in [-0.05, 0) is 86.3 Å². The number of benzene rings is 1. The molecule has 204 valence electrons. The van der Waals surface area contributed by atoms with Crippen LogP contribution in [0.15, 0.2) is 59.3 Å². The van der Waals surface area contributed by atoms with E-state index in [2.05, 4.69) is 36.5 Å². The molecule has 0 saturated heterocycles. The Morgan fingerprint density at radius 3 is 2.58 bits per heavy atom. The van der Waals surface area contributed by atoms with Crippen LogP contribution in [0.1, 0.15) is 64.9 Å². The smallest absolute Gasteiger partial charge is 0.326 e. The first-order valence-electron chi connectivity index (χ1n) is 13.9. The van der Waals surface area contributed by atoms with Gasteiger partial charge in [0.1, 0.15) is 11.8 Å². The summed E-state index contributed by atoms with van der Waals surface area (Å²) in [6.45, 7) is 6.34. The van der Waals surface area contributed by atoms with Crippen molar-refractivity contribution in [3.8, 4) is 0 Å². The average molecular weight is 521 g/mol. The number of amides is 1. The zero-order valence-corrected chi connectivity index (χ0v) is 22.7. The molecule has 0 aromatic heterocycles. The quantitative estimate of drug-likeness (QED) is 0.453. The molecule has 1 amide bonds. The van der Waals surface area contributed by atoms with Crippen LogP contribution in [0.4, 0.5) is 0 Å². The molecule has 4 aliphatic rings. The maximum atomic E-state index is 12.4. The lowest BCUT2D eigenvalue weighted by Crippen LogP contribution is -2.53. The molecule has 4 aliphatic carbocycles. The van der Waals surface area contributed by atoms with Crippen molar-refractivity contribution in [2.24, 2.45) is 33.7 Å². The summed E-state index contributed by atoms with van der Waals surface area (Å²) in [6, 6.07) is 8.16. The molecule has 3 N–H and O–H groups in total. The van der Waals surface area contributed by atoms with Crippen LogP contribution in [0.2, 0.25) is 0 Å². The standard InChI is InChI=1S/C31H40N2O5/c1-29-14-11-22(33-38-19-27(34)32-26(28(35)36)17-20-7-5-4-6-8-20)18-21(29)9-10-23-24(29)12-15-30(2)25(23)13-16-31(30,3)37/h4-8,11,14,18,23-26,37H,9-10,12-13,15-17,19H2,1-3H3,(H,32,34)(H,35,36)/b33-22-/t23-,24-,25+,26-,29+,30+,31+/m1/s1. The van der Waals surface area contributed by atoms with E-state index in [1.807, 2.05) is 43.3 Å². The number of hydrogen-bond donors (Lipinski definition) is 3. The number of carboxylic acid groups (broad SMARTS) is 1. The first kappa shape index (κ1) is 26.7. The number of nitrogens with one attached hydrogen (secondary N) is 1. The molecule has 0 heterocycles. The molecular weight excluding hydrogens is 480 g/mol. The first-order chi connectivity index (χ1) is 18.0. The topological polar surface area (TPSA) is 108 Å². The number of carbonyl (C=O) groups excluding carboxylic acids is 1. The molecule has 7 atom stereocenters. The molecule has 38 heavy (non-hydrogen) atoms. The van der Waals surface area contributed by atoms with E-state index in [1.54, 1.807) is 0 Å². The van der Waals surface area contributed by atoms with Gasteiger partial charge >= 0.3 is 5.97 Å². The maximum absolute atomic E-state index is 12.4. The largest absolute Gasteiger partial charge is 0.480 e. The summed E-state index contributed by atoms with van der Waals surface area (Å²) < 4.78 is 0.